The van der Waals surface area contributed by atoms with Crippen LogP contribution in [0.5, 0.6) is 11.5 Å². The number of para-hydroxylation sites is 2. The predicted molar refractivity (Wildman–Crippen MR) is 136 cm³/mol. The Morgan fingerprint density at radius 3 is 2.60 bits per heavy atom. The molecular formula is C25H24N4O5S. The normalized spacial score (nSPS) is 11.7. The number of nitrogens with zero attached hydrogens (tertiary/aromatic N) is 3. The molecule has 0 saturated carbocycles. The number of carbonyl (C=O) groups excluding carboxylic acids is 1. The van der Waals surface area contributed by atoms with Gasteiger partial charge in [-0.1, -0.05) is 23.9 Å². The number of hydrogen-bond donors (Lipinski definition) is 1. The molecule has 9 nitrogen and oxygen atoms in total. The van der Waals surface area contributed by atoms with Gasteiger partial charge in [-0.05, 0) is 56.3 Å². The second-order valence-electron chi connectivity index (χ2n) is 7.54. The SMILES string of the molecule is CCOc1ccc(-n2c(SC(C)C(=O)Nc3cc([N+](=O)[O-])ccc3OC)nc3ccccc32)cc1. The molecule has 1 heterocycles. The smallest absolute Gasteiger partial charge is 0.271 e. The maximum atomic E-state index is 13.0. The first-order valence-electron chi connectivity index (χ1n) is 10.9. The van der Waals surface area contributed by atoms with Crippen LogP contribution in [-0.4, -0.2) is 39.3 Å². The largest absolute Gasteiger partial charge is 0.495 e. The third-order valence-corrected chi connectivity index (χ3v) is 6.29. The van der Waals surface area contributed by atoms with Gasteiger partial charge in [0.25, 0.3) is 5.69 Å². The molecule has 35 heavy (non-hydrogen) atoms. The number of rotatable bonds is 9. The van der Waals surface area contributed by atoms with Crippen LogP contribution in [-0.2, 0) is 4.79 Å². The van der Waals surface area contributed by atoms with Gasteiger partial charge in [0, 0.05) is 17.8 Å². The highest BCUT2D eigenvalue weighted by molar-refractivity contribution is 8.00. The third-order valence-electron chi connectivity index (χ3n) is 5.24. The lowest BCUT2D eigenvalue weighted by Crippen LogP contribution is -2.23. The van der Waals surface area contributed by atoms with Crippen LogP contribution in [0, 0.1) is 10.1 Å². The average Bonchev–Trinajstić information content (AvgIpc) is 3.22. The van der Waals surface area contributed by atoms with E-state index >= 15 is 0 Å². The summed E-state index contributed by atoms with van der Waals surface area (Å²) in [4.78, 5) is 28.4. The van der Waals surface area contributed by atoms with Crippen molar-refractivity contribution < 1.29 is 19.2 Å². The summed E-state index contributed by atoms with van der Waals surface area (Å²) in [5.41, 5.74) is 2.69. The Morgan fingerprint density at radius 2 is 1.91 bits per heavy atom. The number of carbonyl (C=O) groups is 1. The minimum atomic E-state index is -0.558. The molecule has 1 N–H and O–H groups in total. The maximum Gasteiger partial charge on any atom is 0.271 e. The molecule has 1 atom stereocenters. The molecule has 1 amide bonds. The maximum absolute atomic E-state index is 13.0. The van der Waals surface area contributed by atoms with Gasteiger partial charge in [0.2, 0.25) is 5.91 Å². The summed E-state index contributed by atoms with van der Waals surface area (Å²) in [7, 11) is 1.44. The van der Waals surface area contributed by atoms with E-state index in [1.807, 2.05) is 60.0 Å². The molecule has 0 saturated heterocycles. The fraction of sp³-hybridized carbons (Fsp3) is 0.200. The van der Waals surface area contributed by atoms with E-state index in [0.29, 0.717) is 17.5 Å². The van der Waals surface area contributed by atoms with Crippen molar-refractivity contribution in [2.75, 3.05) is 19.0 Å². The summed E-state index contributed by atoms with van der Waals surface area (Å²) in [5, 5.41) is 14.0. The predicted octanol–water partition coefficient (Wildman–Crippen LogP) is 5.46. The first kappa shape index (κ1) is 24.1. The van der Waals surface area contributed by atoms with Gasteiger partial charge in [-0.15, -0.1) is 0 Å². The van der Waals surface area contributed by atoms with Crippen LogP contribution in [0.25, 0.3) is 16.7 Å². The number of benzene rings is 3. The van der Waals surface area contributed by atoms with Gasteiger partial charge in [-0.2, -0.15) is 0 Å². The zero-order chi connectivity index (χ0) is 24.9. The molecule has 4 rings (SSSR count). The Hall–Kier alpha value is -4.05. The van der Waals surface area contributed by atoms with Crippen molar-refractivity contribution in [1.29, 1.82) is 0 Å². The van der Waals surface area contributed by atoms with Crippen LogP contribution in [0.1, 0.15) is 13.8 Å². The molecule has 180 valence electrons. The molecular weight excluding hydrogens is 468 g/mol. The molecule has 4 aromatic rings. The van der Waals surface area contributed by atoms with Gasteiger partial charge in [-0.25, -0.2) is 4.98 Å². The molecule has 3 aromatic carbocycles. The van der Waals surface area contributed by atoms with Crippen LogP contribution < -0.4 is 14.8 Å². The van der Waals surface area contributed by atoms with E-state index in [1.165, 1.54) is 37.1 Å². The van der Waals surface area contributed by atoms with Crippen molar-refractivity contribution >= 4 is 40.1 Å². The van der Waals surface area contributed by atoms with Crippen LogP contribution in [0.15, 0.2) is 71.9 Å². The zero-order valence-electron chi connectivity index (χ0n) is 19.4. The van der Waals surface area contributed by atoms with E-state index < -0.39 is 10.2 Å². The van der Waals surface area contributed by atoms with Gasteiger partial charge in [0.1, 0.15) is 11.5 Å². The molecule has 0 bridgehead atoms. The minimum absolute atomic E-state index is 0.140. The Morgan fingerprint density at radius 1 is 1.17 bits per heavy atom. The lowest BCUT2D eigenvalue weighted by molar-refractivity contribution is -0.384. The number of imidazole rings is 1. The Kier molecular flexibility index (Phi) is 7.21. The fourth-order valence-electron chi connectivity index (χ4n) is 3.54. The van der Waals surface area contributed by atoms with E-state index in [2.05, 4.69) is 5.32 Å². The summed E-state index contributed by atoms with van der Waals surface area (Å²) in [6.45, 7) is 4.27. The second kappa shape index (κ2) is 10.5. The fourth-order valence-corrected chi connectivity index (χ4v) is 4.49. The summed E-state index contributed by atoms with van der Waals surface area (Å²) < 4.78 is 12.8. The van der Waals surface area contributed by atoms with Crippen LogP contribution in [0.4, 0.5) is 11.4 Å². The van der Waals surface area contributed by atoms with Crippen molar-refractivity contribution in [2.45, 2.75) is 24.3 Å². The highest BCUT2D eigenvalue weighted by Crippen LogP contribution is 2.33. The number of nitrogens with one attached hydrogen (secondary N) is 1. The molecule has 1 aromatic heterocycles. The lowest BCUT2D eigenvalue weighted by Gasteiger charge is -2.15. The van der Waals surface area contributed by atoms with E-state index in [9.17, 15) is 14.9 Å². The van der Waals surface area contributed by atoms with Crippen LogP contribution in [0.3, 0.4) is 0 Å². The molecule has 10 heteroatoms. The number of nitro benzene ring substituents is 1. The number of amides is 1. The van der Waals surface area contributed by atoms with Gasteiger partial charge >= 0.3 is 0 Å². The van der Waals surface area contributed by atoms with E-state index in [0.717, 1.165) is 22.5 Å². The molecule has 0 radical (unpaired) electrons. The van der Waals surface area contributed by atoms with E-state index in [-0.39, 0.29) is 17.3 Å². The highest BCUT2D eigenvalue weighted by Gasteiger charge is 2.22. The molecule has 0 spiro atoms. The zero-order valence-corrected chi connectivity index (χ0v) is 20.2. The van der Waals surface area contributed by atoms with Gasteiger partial charge in [-0.3, -0.25) is 19.5 Å². The monoisotopic (exact) mass is 492 g/mol. The number of anilines is 1. The second-order valence-corrected chi connectivity index (χ2v) is 8.84. The number of non-ortho nitro benzene ring substituents is 1. The van der Waals surface area contributed by atoms with Crippen molar-refractivity contribution in [3.05, 3.63) is 76.8 Å². The standard InChI is InChI=1S/C25H24N4O5S/c1-4-34-19-12-9-17(10-13-19)28-22-8-6-5-7-20(22)27-25(28)35-16(2)24(30)26-21-15-18(29(31)32)11-14-23(21)33-3/h5-16H,4H2,1-3H3,(H,26,30). The first-order chi connectivity index (χ1) is 16.9. The quantitative estimate of drug-likeness (QED) is 0.188. The third kappa shape index (κ3) is 5.22. The number of nitro groups is 1. The lowest BCUT2D eigenvalue weighted by atomic mass is 10.2. The first-order valence-corrected chi connectivity index (χ1v) is 11.8. The van der Waals surface area contributed by atoms with Gasteiger partial charge < -0.3 is 14.8 Å². The number of methoxy groups -OCH3 is 1. The van der Waals surface area contributed by atoms with E-state index in [4.69, 9.17) is 14.5 Å². The van der Waals surface area contributed by atoms with Crippen molar-refractivity contribution in [3.63, 3.8) is 0 Å². The molecule has 0 aliphatic heterocycles. The number of fused-ring (bicyclic) bond motifs is 1. The molecule has 0 aliphatic carbocycles. The topological polar surface area (TPSA) is 109 Å². The van der Waals surface area contributed by atoms with Gasteiger partial charge in [0.15, 0.2) is 5.16 Å². The van der Waals surface area contributed by atoms with Crippen molar-refractivity contribution in [3.8, 4) is 17.2 Å². The number of thioether (sulfide) groups is 1. The van der Waals surface area contributed by atoms with E-state index in [1.54, 1.807) is 6.92 Å². The Bertz CT molecular complexity index is 1370. The molecule has 0 aliphatic rings. The number of aromatic nitrogens is 2. The molecule has 1 unspecified atom stereocenters. The average molecular weight is 493 g/mol. The number of ether oxygens (including phenoxy) is 2. The van der Waals surface area contributed by atoms with Crippen LogP contribution >= 0.6 is 11.8 Å². The minimum Gasteiger partial charge on any atom is -0.495 e. The highest BCUT2D eigenvalue weighted by atomic mass is 32.2. The van der Waals surface area contributed by atoms with Crippen molar-refractivity contribution in [1.82, 2.24) is 9.55 Å². The summed E-state index contributed by atoms with van der Waals surface area (Å²) in [5.74, 6) is 0.774. The number of hydrogen-bond acceptors (Lipinski definition) is 7. The van der Waals surface area contributed by atoms with Crippen LogP contribution in [0.2, 0.25) is 0 Å². The van der Waals surface area contributed by atoms with Crippen molar-refractivity contribution in [2.24, 2.45) is 0 Å². The van der Waals surface area contributed by atoms with Gasteiger partial charge in [0.05, 0.1) is 40.6 Å². The summed E-state index contributed by atoms with van der Waals surface area (Å²) in [6.07, 6.45) is 0. The summed E-state index contributed by atoms with van der Waals surface area (Å²) in [6, 6.07) is 19.5. The molecule has 0 fully saturated rings. The Balaban J connectivity index is 1.62. The Labute approximate surface area is 206 Å². The summed E-state index contributed by atoms with van der Waals surface area (Å²) >= 11 is 1.29.